The Kier molecular flexibility index (Phi) is 3.95. The van der Waals surface area contributed by atoms with Gasteiger partial charge in [-0.2, -0.15) is 0 Å². The van der Waals surface area contributed by atoms with Crippen LogP contribution in [0.2, 0.25) is 0 Å². The van der Waals surface area contributed by atoms with Crippen molar-refractivity contribution in [2.75, 3.05) is 11.4 Å². The van der Waals surface area contributed by atoms with E-state index in [-0.39, 0.29) is 24.2 Å². The normalized spacial score (nSPS) is 21.5. The largest absolute Gasteiger partial charge is 0.481 e. The fraction of sp³-hybridized carbons (Fsp3) is 0.529. The van der Waals surface area contributed by atoms with Crippen molar-refractivity contribution in [1.82, 2.24) is 0 Å². The maximum absolute atomic E-state index is 12.6. The molecule has 3 rings (SSSR count). The monoisotopic (exact) mass is 287 g/mol. The number of carbonyl (C=O) groups is 2. The lowest BCUT2D eigenvalue weighted by molar-refractivity contribution is -0.137. The van der Waals surface area contributed by atoms with Crippen molar-refractivity contribution in [3.63, 3.8) is 0 Å². The van der Waals surface area contributed by atoms with Gasteiger partial charge in [0.15, 0.2) is 0 Å². The molecule has 1 atom stereocenters. The number of carboxylic acids is 1. The molecule has 1 aromatic rings. The summed E-state index contributed by atoms with van der Waals surface area (Å²) in [4.78, 5) is 25.3. The molecule has 1 unspecified atom stereocenters. The van der Waals surface area contributed by atoms with Gasteiger partial charge in [0.2, 0.25) is 5.91 Å². The van der Waals surface area contributed by atoms with E-state index in [1.807, 2.05) is 23.1 Å². The number of anilines is 1. The van der Waals surface area contributed by atoms with Crippen LogP contribution in [-0.4, -0.2) is 23.5 Å². The Labute approximate surface area is 124 Å². The van der Waals surface area contributed by atoms with Crippen molar-refractivity contribution in [2.24, 2.45) is 11.8 Å². The molecule has 0 saturated heterocycles. The summed E-state index contributed by atoms with van der Waals surface area (Å²) in [5.74, 6) is -0.101. The van der Waals surface area contributed by atoms with Crippen molar-refractivity contribution in [2.45, 2.75) is 38.5 Å². The summed E-state index contributed by atoms with van der Waals surface area (Å²) in [6.45, 7) is 0.666. The molecule has 0 aromatic heterocycles. The number of hydrogen-bond donors (Lipinski definition) is 1. The zero-order valence-electron chi connectivity index (χ0n) is 12.1. The van der Waals surface area contributed by atoms with Crippen LogP contribution in [0.1, 0.15) is 37.7 Å². The van der Waals surface area contributed by atoms with Gasteiger partial charge in [0.25, 0.3) is 0 Å². The summed E-state index contributed by atoms with van der Waals surface area (Å²) in [6.07, 6.45) is 4.83. The van der Waals surface area contributed by atoms with Gasteiger partial charge in [0, 0.05) is 24.6 Å². The molecule has 2 aliphatic rings. The summed E-state index contributed by atoms with van der Waals surface area (Å²) < 4.78 is 0. The molecule has 1 N–H and O–H groups in total. The van der Waals surface area contributed by atoms with E-state index >= 15 is 0 Å². The van der Waals surface area contributed by atoms with Gasteiger partial charge in [-0.05, 0) is 43.2 Å². The molecule has 21 heavy (non-hydrogen) atoms. The summed E-state index contributed by atoms with van der Waals surface area (Å²) in [5, 5.41) is 8.87. The van der Waals surface area contributed by atoms with E-state index < -0.39 is 5.97 Å². The number of aliphatic carboxylic acids is 1. The lowest BCUT2D eigenvalue weighted by Crippen LogP contribution is -2.44. The van der Waals surface area contributed by atoms with E-state index in [0.29, 0.717) is 13.0 Å². The van der Waals surface area contributed by atoms with Crippen LogP contribution in [0.3, 0.4) is 0 Å². The van der Waals surface area contributed by atoms with Crippen LogP contribution in [0.4, 0.5) is 5.69 Å². The van der Waals surface area contributed by atoms with E-state index in [1.54, 1.807) is 0 Å². The highest BCUT2D eigenvalue weighted by molar-refractivity contribution is 5.96. The summed E-state index contributed by atoms with van der Waals surface area (Å²) in [6, 6.07) is 8.03. The Morgan fingerprint density at radius 2 is 2.00 bits per heavy atom. The first-order valence-corrected chi connectivity index (χ1v) is 7.76. The summed E-state index contributed by atoms with van der Waals surface area (Å²) in [5.41, 5.74) is 2.20. The number of carbonyl (C=O) groups excluding carboxylic acids is 1. The first kappa shape index (κ1) is 14.1. The zero-order valence-corrected chi connectivity index (χ0v) is 12.1. The third kappa shape index (κ3) is 2.94. The summed E-state index contributed by atoms with van der Waals surface area (Å²) in [7, 11) is 0. The van der Waals surface area contributed by atoms with Crippen LogP contribution in [0, 0.1) is 11.8 Å². The molecule has 1 aliphatic carbocycles. The van der Waals surface area contributed by atoms with Gasteiger partial charge < -0.3 is 10.0 Å². The van der Waals surface area contributed by atoms with Gasteiger partial charge in [-0.25, -0.2) is 0 Å². The van der Waals surface area contributed by atoms with E-state index in [1.165, 1.54) is 5.56 Å². The van der Waals surface area contributed by atoms with Crippen molar-refractivity contribution >= 4 is 17.6 Å². The topological polar surface area (TPSA) is 57.6 Å². The molecule has 0 bridgehead atoms. The SMILES string of the molecule is O=C(O)CCC1Cc2ccccc2N(C(=O)C2CCC2)C1. The fourth-order valence-corrected chi connectivity index (χ4v) is 3.28. The molecular weight excluding hydrogens is 266 g/mol. The number of nitrogens with zero attached hydrogens (tertiary/aromatic N) is 1. The van der Waals surface area contributed by atoms with Crippen molar-refractivity contribution in [3.05, 3.63) is 29.8 Å². The number of para-hydroxylation sites is 1. The van der Waals surface area contributed by atoms with Crippen LogP contribution in [0.5, 0.6) is 0 Å². The highest BCUT2D eigenvalue weighted by Crippen LogP contribution is 2.36. The molecule has 1 amide bonds. The summed E-state index contributed by atoms with van der Waals surface area (Å²) >= 11 is 0. The average molecular weight is 287 g/mol. The van der Waals surface area contributed by atoms with E-state index in [2.05, 4.69) is 6.07 Å². The lowest BCUT2D eigenvalue weighted by atomic mass is 9.82. The van der Waals surface area contributed by atoms with Gasteiger partial charge in [-0.1, -0.05) is 24.6 Å². The fourth-order valence-electron chi connectivity index (χ4n) is 3.28. The minimum atomic E-state index is -0.759. The molecule has 1 saturated carbocycles. The number of benzene rings is 1. The first-order chi connectivity index (χ1) is 10.1. The number of fused-ring (bicyclic) bond motifs is 1. The average Bonchev–Trinajstić information content (AvgIpc) is 2.42. The smallest absolute Gasteiger partial charge is 0.303 e. The molecule has 0 radical (unpaired) electrons. The Hall–Kier alpha value is -1.84. The van der Waals surface area contributed by atoms with Crippen LogP contribution >= 0.6 is 0 Å². The minimum Gasteiger partial charge on any atom is -0.481 e. The molecule has 0 spiro atoms. The third-order valence-electron chi connectivity index (χ3n) is 4.72. The number of hydrogen-bond acceptors (Lipinski definition) is 2. The van der Waals surface area contributed by atoms with E-state index in [0.717, 1.165) is 31.4 Å². The van der Waals surface area contributed by atoms with Crippen LogP contribution in [-0.2, 0) is 16.0 Å². The standard InChI is InChI=1S/C17H21NO3/c19-16(20)9-8-12-10-14-4-1-2-7-15(14)18(11-12)17(21)13-5-3-6-13/h1-2,4,7,12-13H,3,5-6,8-11H2,(H,19,20). The second-order valence-corrected chi connectivity index (χ2v) is 6.21. The number of rotatable bonds is 4. The van der Waals surface area contributed by atoms with Crippen LogP contribution in [0.25, 0.3) is 0 Å². The molecule has 1 aromatic carbocycles. The van der Waals surface area contributed by atoms with Gasteiger partial charge in [-0.3, -0.25) is 9.59 Å². The molecule has 1 heterocycles. The maximum Gasteiger partial charge on any atom is 0.303 e. The molecule has 112 valence electrons. The van der Waals surface area contributed by atoms with Crippen LogP contribution in [0.15, 0.2) is 24.3 Å². The minimum absolute atomic E-state index is 0.177. The number of amides is 1. The molecule has 4 heteroatoms. The third-order valence-corrected chi connectivity index (χ3v) is 4.72. The van der Waals surface area contributed by atoms with Gasteiger partial charge >= 0.3 is 5.97 Å². The second kappa shape index (κ2) is 5.88. The molecule has 1 aliphatic heterocycles. The number of carboxylic acid groups (broad SMARTS) is 1. The van der Waals surface area contributed by atoms with Crippen molar-refractivity contribution in [1.29, 1.82) is 0 Å². The Bertz CT molecular complexity index is 551. The molecular formula is C17H21NO3. The Morgan fingerprint density at radius 3 is 2.67 bits per heavy atom. The predicted octanol–water partition coefficient (Wildman–Crippen LogP) is 2.86. The van der Waals surface area contributed by atoms with E-state index in [4.69, 9.17) is 5.11 Å². The van der Waals surface area contributed by atoms with E-state index in [9.17, 15) is 9.59 Å². The quantitative estimate of drug-likeness (QED) is 0.926. The Morgan fingerprint density at radius 1 is 1.24 bits per heavy atom. The highest BCUT2D eigenvalue weighted by atomic mass is 16.4. The molecule has 1 fully saturated rings. The zero-order chi connectivity index (χ0) is 14.8. The van der Waals surface area contributed by atoms with Gasteiger partial charge in [-0.15, -0.1) is 0 Å². The second-order valence-electron chi connectivity index (χ2n) is 6.21. The Balaban J connectivity index is 1.79. The highest BCUT2D eigenvalue weighted by Gasteiger charge is 2.34. The van der Waals surface area contributed by atoms with Gasteiger partial charge in [0.1, 0.15) is 0 Å². The van der Waals surface area contributed by atoms with Crippen molar-refractivity contribution in [3.8, 4) is 0 Å². The van der Waals surface area contributed by atoms with Crippen molar-refractivity contribution < 1.29 is 14.7 Å². The predicted molar refractivity (Wildman–Crippen MR) is 80.2 cm³/mol. The van der Waals surface area contributed by atoms with Gasteiger partial charge in [0.05, 0.1) is 0 Å². The maximum atomic E-state index is 12.6. The van der Waals surface area contributed by atoms with Crippen LogP contribution < -0.4 is 4.90 Å². The first-order valence-electron chi connectivity index (χ1n) is 7.76. The lowest BCUT2D eigenvalue weighted by Gasteiger charge is -2.38. The molecule has 4 nitrogen and oxygen atoms in total.